The zero-order chi connectivity index (χ0) is 11.1. The lowest BCUT2D eigenvalue weighted by Gasteiger charge is -2.18. The van der Waals surface area contributed by atoms with Crippen LogP contribution < -0.4 is 0 Å². The largest absolute Gasteiger partial charge is 0.455 e. The second-order valence-electron chi connectivity index (χ2n) is 4.83. The summed E-state index contributed by atoms with van der Waals surface area (Å²) in [6.45, 7) is 5.51. The van der Waals surface area contributed by atoms with E-state index in [1.807, 2.05) is 20.8 Å². The summed E-state index contributed by atoms with van der Waals surface area (Å²) in [6.07, 6.45) is 2.17. The Morgan fingerprint density at radius 1 is 1.40 bits per heavy atom. The molecule has 82 valence electrons. The maximum atomic E-state index is 11.7. The van der Waals surface area contributed by atoms with Gasteiger partial charge in [0.15, 0.2) is 5.69 Å². The van der Waals surface area contributed by atoms with Gasteiger partial charge in [0.25, 0.3) is 0 Å². The third kappa shape index (κ3) is 2.34. The van der Waals surface area contributed by atoms with Gasteiger partial charge in [-0.1, -0.05) is 0 Å². The van der Waals surface area contributed by atoms with Gasteiger partial charge in [-0.25, -0.2) is 4.79 Å². The average molecular weight is 209 g/mol. The molecule has 1 N–H and O–H groups in total. The fourth-order valence-corrected chi connectivity index (χ4v) is 1.36. The maximum absolute atomic E-state index is 11.7. The lowest BCUT2D eigenvalue weighted by Crippen LogP contribution is -2.24. The van der Waals surface area contributed by atoms with Gasteiger partial charge < -0.3 is 4.74 Å². The maximum Gasteiger partial charge on any atom is 0.361 e. The van der Waals surface area contributed by atoms with E-state index in [9.17, 15) is 4.79 Å². The van der Waals surface area contributed by atoms with E-state index in [1.54, 1.807) is 0 Å². The van der Waals surface area contributed by atoms with Gasteiger partial charge in [0.1, 0.15) is 11.3 Å². The molecule has 1 aromatic rings. The molecule has 5 heteroatoms. The topological polar surface area (TPSA) is 67.9 Å². The minimum atomic E-state index is -0.489. The summed E-state index contributed by atoms with van der Waals surface area (Å²) in [6, 6.07) is 0. The number of H-pyrrole nitrogens is 1. The lowest BCUT2D eigenvalue weighted by molar-refractivity contribution is 0.00615. The van der Waals surface area contributed by atoms with E-state index < -0.39 is 11.6 Å². The van der Waals surface area contributed by atoms with E-state index >= 15 is 0 Å². The third-order valence-corrected chi connectivity index (χ3v) is 2.13. The highest BCUT2D eigenvalue weighted by atomic mass is 16.6. The number of hydrogen-bond acceptors (Lipinski definition) is 4. The van der Waals surface area contributed by atoms with Crippen LogP contribution in [0.25, 0.3) is 0 Å². The molecule has 1 aromatic heterocycles. The van der Waals surface area contributed by atoms with Crippen molar-refractivity contribution in [3.05, 3.63) is 11.4 Å². The molecule has 1 aliphatic carbocycles. The summed E-state index contributed by atoms with van der Waals surface area (Å²) < 4.78 is 5.24. The quantitative estimate of drug-likeness (QED) is 0.752. The standard InChI is InChI=1S/C10H15N3O2/c1-10(2,3)15-9(14)8-7(6-4-5-6)11-13-12-8/h6H,4-5H2,1-3H3,(H,11,12,13). The number of aromatic nitrogens is 3. The number of carbonyl (C=O) groups is 1. The minimum absolute atomic E-state index is 0.340. The van der Waals surface area contributed by atoms with Crippen molar-refractivity contribution in [1.82, 2.24) is 15.4 Å². The second kappa shape index (κ2) is 3.32. The van der Waals surface area contributed by atoms with E-state index in [-0.39, 0.29) is 0 Å². The highest BCUT2D eigenvalue weighted by Crippen LogP contribution is 2.40. The SMILES string of the molecule is CC(C)(C)OC(=O)c1n[nH]nc1C1CC1. The number of nitrogens with zero attached hydrogens (tertiary/aromatic N) is 2. The first-order valence-corrected chi connectivity index (χ1v) is 5.11. The van der Waals surface area contributed by atoms with Crippen molar-refractivity contribution in [2.24, 2.45) is 0 Å². The van der Waals surface area contributed by atoms with Crippen molar-refractivity contribution in [2.45, 2.75) is 45.1 Å². The van der Waals surface area contributed by atoms with Gasteiger partial charge in [-0.15, -0.1) is 5.10 Å². The average Bonchev–Trinajstić information content (AvgIpc) is 2.80. The lowest BCUT2D eigenvalue weighted by atomic mass is 10.2. The van der Waals surface area contributed by atoms with Gasteiger partial charge in [0, 0.05) is 5.92 Å². The second-order valence-corrected chi connectivity index (χ2v) is 4.83. The number of aromatic amines is 1. The van der Waals surface area contributed by atoms with Crippen LogP contribution in [0.4, 0.5) is 0 Å². The summed E-state index contributed by atoms with van der Waals surface area (Å²) >= 11 is 0. The monoisotopic (exact) mass is 209 g/mol. The molecular weight excluding hydrogens is 194 g/mol. The van der Waals surface area contributed by atoms with Crippen LogP contribution in [0, 0.1) is 0 Å². The van der Waals surface area contributed by atoms with Crippen LogP contribution in [-0.2, 0) is 4.74 Å². The predicted octanol–water partition coefficient (Wildman–Crippen LogP) is 1.64. The molecule has 0 saturated heterocycles. The van der Waals surface area contributed by atoms with Crippen molar-refractivity contribution in [3.8, 4) is 0 Å². The van der Waals surface area contributed by atoms with Crippen molar-refractivity contribution in [3.63, 3.8) is 0 Å². The summed E-state index contributed by atoms with van der Waals surface area (Å²) in [7, 11) is 0. The highest BCUT2D eigenvalue weighted by Gasteiger charge is 2.33. The molecule has 0 radical (unpaired) electrons. The summed E-state index contributed by atoms with van der Waals surface area (Å²) in [5.74, 6) is 0.00409. The molecule has 0 aromatic carbocycles. The van der Waals surface area contributed by atoms with Gasteiger partial charge in [-0.2, -0.15) is 10.3 Å². The zero-order valence-corrected chi connectivity index (χ0v) is 9.20. The zero-order valence-electron chi connectivity index (χ0n) is 9.20. The Labute approximate surface area is 88.2 Å². The highest BCUT2D eigenvalue weighted by molar-refractivity contribution is 5.88. The van der Waals surface area contributed by atoms with E-state index in [0.29, 0.717) is 11.6 Å². The van der Waals surface area contributed by atoms with E-state index in [4.69, 9.17) is 4.74 Å². The Hall–Kier alpha value is -1.39. The minimum Gasteiger partial charge on any atom is -0.455 e. The van der Waals surface area contributed by atoms with Crippen LogP contribution in [0.1, 0.15) is 55.7 Å². The van der Waals surface area contributed by atoms with Crippen molar-refractivity contribution in [2.75, 3.05) is 0 Å². The molecule has 15 heavy (non-hydrogen) atoms. The third-order valence-electron chi connectivity index (χ3n) is 2.13. The van der Waals surface area contributed by atoms with Crippen LogP contribution in [0.3, 0.4) is 0 Å². The van der Waals surface area contributed by atoms with Crippen molar-refractivity contribution < 1.29 is 9.53 Å². The molecular formula is C10H15N3O2. The van der Waals surface area contributed by atoms with Gasteiger partial charge in [0.2, 0.25) is 0 Å². The van der Waals surface area contributed by atoms with Gasteiger partial charge in [-0.05, 0) is 33.6 Å². The number of rotatable bonds is 2. The van der Waals surface area contributed by atoms with Crippen molar-refractivity contribution >= 4 is 5.97 Å². The Morgan fingerprint density at radius 2 is 2.07 bits per heavy atom. The first kappa shape index (κ1) is 10.1. The normalized spacial score (nSPS) is 16.5. The molecule has 1 fully saturated rings. The fraction of sp³-hybridized carbons (Fsp3) is 0.700. The van der Waals surface area contributed by atoms with Crippen molar-refractivity contribution in [1.29, 1.82) is 0 Å². The number of esters is 1. The molecule has 1 aliphatic rings. The Kier molecular flexibility index (Phi) is 2.25. The van der Waals surface area contributed by atoms with Crippen LogP contribution in [0.15, 0.2) is 0 Å². The molecule has 0 aliphatic heterocycles. The molecule has 0 spiro atoms. The molecule has 1 heterocycles. The van der Waals surface area contributed by atoms with E-state index in [2.05, 4.69) is 15.4 Å². The van der Waals surface area contributed by atoms with Crippen LogP contribution in [0.5, 0.6) is 0 Å². The Balaban J connectivity index is 2.14. The predicted molar refractivity (Wildman–Crippen MR) is 53.5 cm³/mol. The molecule has 5 nitrogen and oxygen atoms in total. The van der Waals surface area contributed by atoms with Gasteiger partial charge >= 0.3 is 5.97 Å². The Morgan fingerprint density at radius 3 is 2.60 bits per heavy atom. The van der Waals surface area contributed by atoms with Gasteiger partial charge in [0.05, 0.1) is 0 Å². The molecule has 0 unspecified atom stereocenters. The van der Waals surface area contributed by atoms with Gasteiger partial charge in [-0.3, -0.25) is 0 Å². The summed E-state index contributed by atoms with van der Waals surface area (Å²) in [5, 5.41) is 10.3. The van der Waals surface area contributed by atoms with Crippen LogP contribution >= 0.6 is 0 Å². The molecule has 0 atom stereocenters. The smallest absolute Gasteiger partial charge is 0.361 e. The number of hydrogen-bond donors (Lipinski definition) is 1. The first-order chi connectivity index (χ1) is 6.97. The first-order valence-electron chi connectivity index (χ1n) is 5.11. The summed E-state index contributed by atoms with van der Waals surface area (Å²) in [5.41, 5.74) is 0.605. The van der Waals surface area contributed by atoms with Crippen LogP contribution in [0.2, 0.25) is 0 Å². The number of carbonyl (C=O) groups excluding carboxylic acids is 1. The molecule has 2 rings (SSSR count). The molecule has 1 saturated carbocycles. The van der Waals surface area contributed by atoms with E-state index in [1.165, 1.54) is 0 Å². The van der Waals surface area contributed by atoms with E-state index in [0.717, 1.165) is 18.5 Å². The molecule has 0 bridgehead atoms. The Bertz CT molecular complexity index is 374. The van der Waals surface area contributed by atoms with Crippen LogP contribution in [-0.4, -0.2) is 27.0 Å². The molecule has 0 amide bonds. The fourth-order valence-electron chi connectivity index (χ4n) is 1.36. The summed E-state index contributed by atoms with van der Waals surface area (Å²) in [4.78, 5) is 11.7. The number of nitrogens with one attached hydrogen (secondary N) is 1. The number of ether oxygens (including phenoxy) is 1.